The highest BCUT2D eigenvalue weighted by Gasteiger charge is 2.15. The molecule has 0 spiro atoms. The Morgan fingerprint density at radius 2 is 2.29 bits per heavy atom. The molecule has 1 saturated heterocycles. The Bertz CT molecular complexity index is 461. The summed E-state index contributed by atoms with van der Waals surface area (Å²) in [6, 6.07) is 5.31. The van der Waals surface area contributed by atoms with E-state index in [4.69, 9.17) is 9.47 Å². The van der Waals surface area contributed by atoms with Crippen LogP contribution < -0.4 is 9.47 Å². The summed E-state index contributed by atoms with van der Waals surface area (Å²) in [5, 5.41) is 0. The van der Waals surface area contributed by atoms with Gasteiger partial charge in [0, 0.05) is 19.2 Å². The van der Waals surface area contributed by atoms with Gasteiger partial charge < -0.3 is 14.4 Å². The third-order valence-corrected chi connectivity index (χ3v) is 3.96. The van der Waals surface area contributed by atoms with E-state index in [1.165, 1.54) is 25.9 Å². The number of methoxy groups -OCH3 is 1. The predicted molar refractivity (Wildman–Crippen MR) is 83.3 cm³/mol. The van der Waals surface area contributed by atoms with Crippen molar-refractivity contribution in [1.82, 2.24) is 4.90 Å². The molecule has 1 aliphatic heterocycles. The molecule has 1 heterocycles. The lowest BCUT2D eigenvalue weighted by molar-refractivity contribution is 0.112. The third-order valence-electron chi connectivity index (χ3n) is 3.96. The number of piperidine rings is 1. The SMILES string of the molecule is COc1cc(OCCCN2CCC[C@H](C)C2)ccc1C=O. The third kappa shape index (κ3) is 4.74. The molecule has 0 aliphatic carbocycles. The molecule has 2 rings (SSSR count). The lowest BCUT2D eigenvalue weighted by atomic mass is 10.0. The number of benzene rings is 1. The van der Waals surface area contributed by atoms with Crippen LogP contribution in [0.5, 0.6) is 11.5 Å². The molecule has 1 fully saturated rings. The fourth-order valence-electron chi connectivity index (χ4n) is 2.85. The molecule has 1 atom stereocenters. The molecule has 4 heteroatoms. The van der Waals surface area contributed by atoms with Gasteiger partial charge in [-0.25, -0.2) is 0 Å². The Kier molecular flexibility index (Phi) is 6.05. The molecule has 0 N–H and O–H groups in total. The van der Waals surface area contributed by atoms with Crippen LogP contribution >= 0.6 is 0 Å². The van der Waals surface area contributed by atoms with Gasteiger partial charge in [0.1, 0.15) is 11.5 Å². The van der Waals surface area contributed by atoms with Crippen molar-refractivity contribution in [3.8, 4) is 11.5 Å². The van der Waals surface area contributed by atoms with Crippen LogP contribution in [0, 0.1) is 5.92 Å². The second-order valence-electron chi connectivity index (χ2n) is 5.77. The van der Waals surface area contributed by atoms with Crippen molar-refractivity contribution in [3.05, 3.63) is 23.8 Å². The van der Waals surface area contributed by atoms with E-state index in [1.54, 1.807) is 19.2 Å². The van der Waals surface area contributed by atoms with Crippen molar-refractivity contribution in [2.75, 3.05) is 33.4 Å². The van der Waals surface area contributed by atoms with E-state index < -0.39 is 0 Å². The Morgan fingerprint density at radius 1 is 1.43 bits per heavy atom. The monoisotopic (exact) mass is 291 g/mol. The van der Waals surface area contributed by atoms with Gasteiger partial charge in [-0.05, 0) is 43.9 Å². The first-order chi connectivity index (χ1) is 10.2. The fraction of sp³-hybridized carbons (Fsp3) is 0.588. The van der Waals surface area contributed by atoms with E-state index in [-0.39, 0.29) is 0 Å². The summed E-state index contributed by atoms with van der Waals surface area (Å²) in [6.45, 7) is 6.53. The van der Waals surface area contributed by atoms with Gasteiger partial charge in [0.05, 0.1) is 19.3 Å². The molecule has 0 unspecified atom stereocenters. The van der Waals surface area contributed by atoms with E-state index in [0.29, 0.717) is 17.9 Å². The summed E-state index contributed by atoms with van der Waals surface area (Å²) >= 11 is 0. The summed E-state index contributed by atoms with van der Waals surface area (Å²) < 4.78 is 10.9. The topological polar surface area (TPSA) is 38.8 Å². The highest BCUT2D eigenvalue weighted by Crippen LogP contribution is 2.23. The normalized spacial score (nSPS) is 19.2. The van der Waals surface area contributed by atoms with Crippen molar-refractivity contribution >= 4 is 6.29 Å². The lowest BCUT2D eigenvalue weighted by Gasteiger charge is -2.30. The highest BCUT2D eigenvalue weighted by atomic mass is 16.5. The molecular formula is C17H25NO3. The van der Waals surface area contributed by atoms with Crippen LogP contribution in [0.15, 0.2) is 18.2 Å². The number of rotatable bonds is 7. The summed E-state index contributed by atoms with van der Waals surface area (Å²) in [4.78, 5) is 13.4. The molecule has 0 bridgehead atoms. The first-order valence-corrected chi connectivity index (χ1v) is 7.71. The Balaban J connectivity index is 1.74. The van der Waals surface area contributed by atoms with Gasteiger partial charge >= 0.3 is 0 Å². The number of ether oxygens (including phenoxy) is 2. The summed E-state index contributed by atoms with van der Waals surface area (Å²) in [5.41, 5.74) is 0.548. The summed E-state index contributed by atoms with van der Waals surface area (Å²) in [5.74, 6) is 2.14. The quantitative estimate of drug-likeness (QED) is 0.572. The van der Waals surface area contributed by atoms with Crippen molar-refractivity contribution < 1.29 is 14.3 Å². The standard InChI is InChI=1S/C17H25NO3/c1-14-5-3-8-18(12-14)9-4-10-21-16-7-6-15(13-19)17(11-16)20-2/h6-7,11,13-14H,3-5,8-10,12H2,1-2H3/t14-/m0/s1. The zero-order valence-corrected chi connectivity index (χ0v) is 13.0. The van der Waals surface area contributed by atoms with Crippen LogP contribution in [0.25, 0.3) is 0 Å². The average Bonchev–Trinajstić information content (AvgIpc) is 2.51. The molecule has 1 aromatic rings. The minimum atomic E-state index is 0.548. The minimum absolute atomic E-state index is 0.548. The Morgan fingerprint density at radius 3 is 3.00 bits per heavy atom. The molecule has 21 heavy (non-hydrogen) atoms. The van der Waals surface area contributed by atoms with Gasteiger partial charge in [-0.2, -0.15) is 0 Å². The number of hydrogen-bond donors (Lipinski definition) is 0. The molecular weight excluding hydrogens is 266 g/mol. The van der Waals surface area contributed by atoms with Crippen LogP contribution in [0.3, 0.4) is 0 Å². The van der Waals surface area contributed by atoms with E-state index >= 15 is 0 Å². The molecule has 116 valence electrons. The highest BCUT2D eigenvalue weighted by molar-refractivity contribution is 5.79. The predicted octanol–water partition coefficient (Wildman–Crippen LogP) is 3.01. The average molecular weight is 291 g/mol. The van der Waals surface area contributed by atoms with Crippen LogP contribution in [0.2, 0.25) is 0 Å². The van der Waals surface area contributed by atoms with Crippen molar-refractivity contribution in [1.29, 1.82) is 0 Å². The maximum atomic E-state index is 10.8. The number of nitrogens with zero attached hydrogens (tertiary/aromatic N) is 1. The molecule has 0 radical (unpaired) electrons. The van der Waals surface area contributed by atoms with Crippen LogP contribution in [0.4, 0.5) is 0 Å². The van der Waals surface area contributed by atoms with Gasteiger partial charge in [0.2, 0.25) is 0 Å². The smallest absolute Gasteiger partial charge is 0.153 e. The van der Waals surface area contributed by atoms with Crippen LogP contribution in [-0.4, -0.2) is 44.5 Å². The Labute approximate surface area is 127 Å². The molecule has 1 aliphatic rings. The maximum absolute atomic E-state index is 10.8. The number of hydrogen-bond acceptors (Lipinski definition) is 4. The van der Waals surface area contributed by atoms with Gasteiger partial charge in [0.25, 0.3) is 0 Å². The molecule has 0 saturated carbocycles. The van der Waals surface area contributed by atoms with Crippen LogP contribution in [-0.2, 0) is 0 Å². The molecule has 0 amide bonds. The van der Waals surface area contributed by atoms with E-state index in [9.17, 15) is 4.79 Å². The van der Waals surface area contributed by atoms with Gasteiger partial charge in [-0.15, -0.1) is 0 Å². The summed E-state index contributed by atoms with van der Waals surface area (Å²) in [7, 11) is 1.56. The van der Waals surface area contributed by atoms with Crippen LogP contribution in [0.1, 0.15) is 36.5 Å². The second kappa shape index (κ2) is 8.03. The molecule has 1 aromatic carbocycles. The van der Waals surface area contributed by atoms with Gasteiger partial charge in [-0.1, -0.05) is 6.92 Å². The van der Waals surface area contributed by atoms with Crippen molar-refractivity contribution in [3.63, 3.8) is 0 Å². The van der Waals surface area contributed by atoms with Gasteiger partial charge in [-0.3, -0.25) is 4.79 Å². The largest absolute Gasteiger partial charge is 0.496 e. The van der Waals surface area contributed by atoms with Gasteiger partial charge in [0.15, 0.2) is 6.29 Å². The maximum Gasteiger partial charge on any atom is 0.153 e. The second-order valence-corrected chi connectivity index (χ2v) is 5.77. The zero-order chi connectivity index (χ0) is 15.1. The molecule has 4 nitrogen and oxygen atoms in total. The number of carbonyl (C=O) groups excluding carboxylic acids is 1. The van der Waals surface area contributed by atoms with E-state index in [0.717, 1.165) is 30.9 Å². The minimum Gasteiger partial charge on any atom is -0.496 e. The van der Waals surface area contributed by atoms with Crippen molar-refractivity contribution in [2.45, 2.75) is 26.2 Å². The number of likely N-dealkylation sites (tertiary alicyclic amines) is 1. The first-order valence-electron chi connectivity index (χ1n) is 7.71. The van der Waals surface area contributed by atoms with Crippen molar-refractivity contribution in [2.24, 2.45) is 5.92 Å². The number of carbonyl (C=O) groups is 1. The fourth-order valence-corrected chi connectivity index (χ4v) is 2.85. The lowest BCUT2D eigenvalue weighted by Crippen LogP contribution is -2.35. The summed E-state index contributed by atoms with van der Waals surface area (Å²) in [6.07, 6.45) is 4.48. The molecule has 0 aromatic heterocycles. The van der Waals surface area contributed by atoms with E-state index in [1.807, 2.05) is 6.07 Å². The first kappa shape index (κ1) is 15.8. The zero-order valence-electron chi connectivity index (χ0n) is 13.0. The Hall–Kier alpha value is -1.55. The number of aldehydes is 1. The van der Waals surface area contributed by atoms with E-state index in [2.05, 4.69) is 11.8 Å².